The summed E-state index contributed by atoms with van der Waals surface area (Å²) in [6.45, 7) is 3.06. The molecule has 8 heteroatoms. The van der Waals surface area contributed by atoms with Gasteiger partial charge in [0, 0.05) is 37.1 Å². The Morgan fingerprint density at radius 1 is 0.973 bits per heavy atom. The van der Waals surface area contributed by atoms with Gasteiger partial charge in [-0.2, -0.15) is 0 Å². The number of rotatable bonds is 8. The van der Waals surface area contributed by atoms with Crippen LogP contribution in [0.2, 0.25) is 0 Å². The lowest BCUT2D eigenvalue weighted by Gasteiger charge is -2.38. The van der Waals surface area contributed by atoms with E-state index in [1.165, 1.54) is 0 Å². The van der Waals surface area contributed by atoms with Crippen molar-refractivity contribution in [2.24, 2.45) is 11.7 Å². The second kappa shape index (κ2) is 11.3. The van der Waals surface area contributed by atoms with Gasteiger partial charge < -0.3 is 20.1 Å². The number of hydrogen-bond donors (Lipinski definition) is 1. The van der Waals surface area contributed by atoms with Crippen LogP contribution in [0, 0.1) is 5.92 Å². The summed E-state index contributed by atoms with van der Waals surface area (Å²) in [5.74, 6) is 0.284. The Balaban J connectivity index is 1.11. The van der Waals surface area contributed by atoms with Crippen LogP contribution in [0.15, 0.2) is 61.1 Å². The lowest BCUT2D eigenvalue weighted by atomic mass is 9.77. The number of benzene rings is 1. The van der Waals surface area contributed by atoms with Gasteiger partial charge in [0.15, 0.2) is 5.60 Å². The minimum atomic E-state index is -1.25. The number of carbonyl (C=O) groups is 2. The van der Waals surface area contributed by atoms with Gasteiger partial charge in [-0.3, -0.25) is 14.8 Å². The van der Waals surface area contributed by atoms with Crippen LogP contribution in [0.4, 0.5) is 0 Å². The van der Waals surface area contributed by atoms with Gasteiger partial charge >= 0.3 is 5.97 Å². The summed E-state index contributed by atoms with van der Waals surface area (Å²) in [5.41, 5.74) is 5.66. The molecule has 3 aromatic rings. The predicted octanol–water partition coefficient (Wildman–Crippen LogP) is 4.13. The van der Waals surface area contributed by atoms with Gasteiger partial charge in [-0.05, 0) is 81.7 Å². The molecule has 1 aromatic carbocycles. The monoisotopic (exact) mass is 502 g/mol. The Labute approximate surface area is 217 Å². The fourth-order valence-electron chi connectivity index (χ4n) is 5.56. The van der Waals surface area contributed by atoms with Crippen LogP contribution in [0.5, 0.6) is 5.75 Å². The number of likely N-dealkylation sites (tertiary alicyclic amines) is 1. The van der Waals surface area contributed by atoms with E-state index >= 15 is 0 Å². The number of ether oxygens (including phenoxy) is 2. The molecule has 0 unspecified atom stereocenters. The van der Waals surface area contributed by atoms with Crippen molar-refractivity contribution in [3.63, 3.8) is 0 Å². The first-order chi connectivity index (χ1) is 18.0. The van der Waals surface area contributed by atoms with E-state index in [2.05, 4.69) is 14.9 Å². The highest BCUT2D eigenvalue weighted by Crippen LogP contribution is 2.37. The first-order valence-electron chi connectivity index (χ1n) is 13.2. The number of pyridine rings is 2. The molecule has 0 bridgehead atoms. The molecular weight excluding hydrogens is 468 g/mol. The Morgan fingerprint density at radius 3 is 2.43 bits per heavy atom. The second-order valence-corrected chi connectivity index (χ2v) is 10.2. The van der Waals surface area contributed by atoms with Crippen molar-refractivity contribution in [1.82, 2.24) is 14.9 Å². The van der Waals surface area contributed by atoms with Gasteiger partial charge in [-0.15, -0.1) is 0 Å². The molecule has 1 amide bonds. The fourth-order valence-corrected chi connectivity index (χ4v) is 5.56. The molecule has 0 atom stereocenters. The molecule has 5 rings (SSSR count). The Hall–Kier alpha value is -3.52. The van der Waals surface area contributed by atoms with Crippen molar-refractivity contribution in [3.8, 4) is 5.75 Å². The summed E-state index contributed by atoms with van der Waals surface area (Å²) in [7, 11) is 0. The van der Waals surface area contributed by atoms with Crippen LogP contribution in [0.25, 0.3) is 10.9 Å². The summed E-state index contributed by atoms with van der Waals surface area (Å²) >= 11 is 0. The van der Waals surface area contributed by atoms with Crippen LogP contribution in [-0.2, 0) is 9.53 Å². The molecule has 1 saturated carbocycles. The number of nitrogens with two attached hydrogens (primary N) is 1. The minimum absolute atomic E-state index is 0.247. The van der Waals surface area contributed by atoms with E-state index in [-0.39, 0.29) is 6.10 Å². The van der Waals surface area contributed by atoms with E-state index in [9.17, 15) is 9.59 Å². The zero-order valence-corrected chi connectivity index (χ0v) is 21.1. The number of hydrogen-bond acceptors (Lipinski definition) is 7. The SMILES string of the molecule is NC(=O)C1(OC(=O)c2ccnc3ccccc23)CCC(CCN2CCC(Oc3ccncc3)CC2)CC1. The van der Waals surface area contributed by atoms with Crippen molar-refractivity contribution in [2.45, 2.75) is 56.7 Å². The molecule has 2 aromatic heterocycles. The molecule has 0 radical (unpaired) electrons. The number of piperidine rings is 1. The maximum Gasteiger partial charge on any atom is 0.339 e. The van der Waals surface area contributed by atoms with E-state index in [0.29, 0.717) is 35.2 Å². The molecule has 194 valence electrons. The number of carbonyl (C=O) groups excluding carboxylic acids is 2. The van der Waals surface area contributed by atoms with Crippen molar-refractivity contribution < 1.29 is 19.1 Å². The third-order valence-corrected chi connectivity index (χ3v) is 7.86. The van der Waals surface area contributed by atoms with E-state index < -0.39 is 17.5 Å². The van der Waals surface area contributed by atoms with Crippen molar-refractivity contribution in [2.75, 3.05) is 19.6 Å². The van der Waals surface area contributed by atoms with Gasteiger partial charge in [0.25, 0.3) is 5.91 Å². The van der Waals surface area contributed by atoms with Crippen molar-refractivity contribution in [1.29, 1.82) is 0 Å². The van der Waals surface area contributed by atoms with Crippen molar-refractivity contribution >= 4 is 22.8 Å². The van der Waals surface area contributed by atoms with E-state index in [0.717, 1.165) is 57.5 Å². The number of aromatic nitrogens is 2. The van der Waals surface area contributed by atoms with Gasteiger partial charge in [-0.25, -0.2) is 4.79 Å². The maximum atomic E-state index is 13.1. The summed E-state index contributed by atoms with van der Waals surface area (Å²) in [5, 5.41) is 0.707. The Morgan fingerprint density at radius 2 is 1.70 bits per heavy atom. The Bertz CT molecular complexity index is 1210. The average Bonchev–Trinajstić information content (AvgIpc) is 2.93. The quantitative estimate of drug-likeness (QED) is 0.461. The van der Waals surface area contributed by atoms with E-state index in [4.69, 9.17) is 15.2 Å². The minimum Gasteiger partial charge on any atom is -0.490 e. The molecule has 8 nitrogen and oxygen atoms in total. The lowest BCUT2D eigenvalue weighted by Crippen LogP contribution is -2.50. The molecule has 2 fully saturated rings. The number of nitrogens with zero attached hydrogens (tertiary/aromatic N) is 3. The van der Waals surface area contributed by atoms with Crippen LogP contribution in [-0.4, -0.2) is 58.1 Å². The molecule has 37 heavy (non-hydrogen) atoms. The molecule has 3 heterocycles. The summed E-state index contributed by atoms with van der Waals surface area (Å²) < 4.78 is 11.9. The molecule has 1 aliphatic carbocycles. The number of fused-ring (bicyclic) bond motifs is 1. The number of para-hydroxylation sites is 1. The summed E-state index contributed by atoms with van der Waals surface area (Å²) in [6.07, 6.45) is 11.0. The maximum absolute atomic E-state index is 13.1. The Kier molecular flexibility index (Phi) is 7.65. The van der Waals surface area contributed by atoms with E-state index in [1.54, 1.807) is 24.7 Å². The summed E-state index contributed by atoms with van der Waals surface area (Å²) in [4.78, 5) is 36.4. The van der Waals surface area contributed by atoms with Crippen LogP contribution < -0.4 is 10.5 Å². The lowest BCUT2D eigenvalue weighted by molar-refractivity contribution is -0.142. The first-order valence-corrected chi connectivity index (χ1v) is 13.2. The summed E-state index contributed by atoms with van der Waals surface area (Å²) in [6, 6.07) is 12.8. The molecule has 1 saturated heterocycles. The molecule has 0 spiro atoms. The normalized spacial score (nSPS) is 23.0. The average molecular weight is 503 g/mol. The van der Waals surface area contributed by atoms with Crippen LogP contribution in [0.3, 0.4) is 0 Å². The van der Waals surface area contributed by atoms with Gasteiger partial charge in [0.2, 0.25) is 0 Å². The predicted molar refractivity (Wildman–Crippen MR) is 140 cm³/mol. The molecule has 1 aliphatic heterocycles. The zero-order valence-electron chi connectivity index (χ0n) is 21.1. The van der Waals surface area contributed by atoms with Crippen LogP contribution in [0.1, 0.15) is 55.3 Å². The smallest absolute Gasteiger partial charge is 0.339 e. The molecule has 2 N–H and O–H groups in total. The second-order valence-electron chi connectivity index (χ2n) is 10.2. The zero-order chi connectivity index (χ0) is 25.7. The third-order valence-electron chi connectivity index (χ3n) is 7.86. The van der Waals surface area contributed by atoms with E-state index in [1.807, 2.05) is 36.4 Å². The fraction of sp³-hybridized carbons (Fsp3) is 0.448. The third kappa shape index (κ3) is 5.91. The highest BCUT2D eigenvalue weighted by Gasteiger charge is 2.44. The number of amides is 1. The molecule has 2 aliphatic rings. The number of esters is 1. The highest BCUT2D eigenvalue weighted by molar-refractivity contribution is 6.04. The van der Waals surface area contributed by atoms with Gasteiger partial charge in [0.05, 0.1) is 11.1 Å². The highest BCUT2D eigenvalue weighted by atomic mass is 16.6. The number of primary amides is 1. The van der Waals surface area contributed by atoms with Crippen LogP contribution >= 0.6 is 0 Å². The first kappa shape index (κ1) is 25.1. The largest absolute Gasteiger partial charge is 0.490 e. The van der Waals surface area contributed by atoms with Crippen molar-refractivity contribution in [3.05, 3.63) is 66.6 Å². The van der Waals surface area contributed by atoms with Gasteiger partial charge in [0.1, 0.15) is 11.9 Å². The topological polar surface area (TPSA) is 108 Å². The molecular formula is C29H34N4O4. The standard InChI is InChI=1S/C29H34N4O4/c30-28(35)29(37-27(34)25-9-17-32-26-4-2-1-3-24(25)26)13-5-21(6-14-29)10-18-33-19-11-23(12-20-33)36-22-7-15-31-16-8-22/h1-4,7-9,15-17,21,23H,5-6,10-14,18-20H2,(H2,30,35). The van der Waals surface area contributed by atoms with Gasteiger partial charge in [-0.1, -0.05) is 18.2 Å².